The van der Waals surface area contributed by atoms with Crippen LogP contribution in [0.3, 0.4) is 0 Å². The van der Waals surface area contributed by atoms with Gasteiger partial charge in [-0.15, -0.1) is 0 Å². The molecule has 18 heavy (non-hydrogen) atoms. The maximum absolute atomic E-state index is 9.94. The van der Waals surface area contributed by atoms with Crippen molar-refractivity contribution in [3.63, 3.8) is 0 Å². The van der Waals surface area contributed by atoms with Crippen molar-refractivity contribution in [1.82, 2.24) is 0 Å². The predicted octanol–water partition coefficient (Wildman–Crippen LogP) is 0.375. The molecule has 0 radical (unpaired) electrons. The second-order valence-electron chi connectivity index (χ2n) is 5.92. The molecule has 0 aromatic carbocycles. The first-order chi connectivity index (χ1) is 8.27. The first-order valence-corrected chi connectivity index (χ1v) is 6.28. The van der Waals surface area contributed by atoms with Crippen molar-refractivity contribution in [2.24, 2.45) is 0 Å². The summed E-state index contributed by atoms with van der Waals surface area (Å²) in [4.78, 5) is 0. The fourth-order valence-corrected chi connectivity index (χ4v) is 2.76. The monoisotopic (exact) mass is 260 g/mol. The zero-order valence-corrected chi connectivity index (χ0v) is 11.1. The van der Waals surface area contributed by atoms with Crippen molar-refractivity contribution in [3.05, 3.63) is 0 Å². The van der Waals surface area contributed by atoms with Crippen LogP contribution in [0.4, 0.5) is 0 Å². The van der Waals surface area contributed by atoms with Crippen LogP contribution in [-0.2, 0) is 23.7 Å². The molecule has 104 valence electrons. The van der Waals surface area contributed by atoms with Crippen LogP contribution in [0.1, 0.15) is 27.7 Å². The van der Waals surface area contributed by atoms with Crippen LogP contribution < -0.4 is 0 Å². The van der Waals surface area contributed by atoms with Crippen LogP contribution >= 0.6 is 0 Å². The quantitative estimate of drug-likeness (QED) is 0.679. The third-order valence-corrected chi connectivity index (χ3v) is 3.46. The topological polar surface area (TPSA) is 66.4 Å². The highest BCUT2D eigenvalue weighted by atomic mass is 16.8. The highest BCUT2D eigenvalue weighted by Gasteiger charge is 2.58. The molecule has 3 heterocycles. The molecule has 3 rings (SSSR count). The van der Waals surface area contributed by atoms with E-state index in [0.29, 0.717) is 6.61 Å². The number of rotatable bonds is 0. The highest BCUT2D eigenvalue weighted by molar-refractivity contribution is 4.98. The lowest BCUT2D eigenvalue weighted by molar-refractivity contribution is -0.365. The summed E-state index contributed by atoms with van der Waals surface area (Å²) in [5.74, 6) is -1.41. The van der Waals surface area contributed by atoms with Crippen LogP contribution in [0.5, 0.6) is 0 Å². The molecule has 0 aromatic rings. The normalized spacial score (nSPS) is 49.5. The first kappa shape index (κ1) is 12.8. The summed E-state index contributed by atoms with van der Waals surface area (Å²) in [6.45, 7) is 7.71. The van der Waals surface area contributed by atoms with Gasteiger partial charge in [0, 0.05) is 0 Å². The molecule has 3 fully saturated rings. The molecular weight excluding hydrogens is 240 g/mol. The number of hydrogen-bond donors (Lipinski definition) is 1. The molecule has 0 saturated carbocycles. The third kappa shape index (κ3) is 2.07. The zero-order valence-electron chi connectivity index (χ0n) is 11.1. The minimum atomic E-state index is -1.01. The molecule has 3 aliphatic rings. The van der Waals surface area contributed by atoms with E-state index in [2.05, 4.69) is 0 Å². The van der Waals surface area contributed by atoms with Crippen molar-refractivity contribution in [2.75, 3.05) is 6.61 Å². The van der Waals surface area contributed by atoms with Crippen LogP contribution in [0.25, 0.3) is 0 Å². The van der Waals surface area contributed by atoms with Gasteiger partial charge in [0.1, 0.15) is 24.4 Å². The van der Waals surface area contributed by atoms with Gasteiger partial charge in [0.05, 0.1) is 6.61 Å². The summed E-state index contributed by atoms with van der Waals surface area (Å²) in [5.41, 5.74) is 0. The molecule has 3 unspecified atom stereocenters. The van der Waals surface area contributed by atoms with E-state index in [0.717, 1.165) is 0 Å². The number of aliphatic hydroxyl groups is 1. The Kier molecular flexibility index (Phi) is 2.75. The highest BCUT2D eigenvalue weighted by Crippen LogP contribution is 2.41. The van der Waals surface area contributed by atoms with Crippen LogP contribution in [0, 0.1) is 0 Å². The summed E-state index contributed by atoms with van der Waals surface area (Å²) in [6.07, 6.45) is -2.48. The molecule has 6 heteroatoms. The smallest absolute Gasteiger partial charge is 0.184 e. The molecule has 0 spiro atoms. The number of hydrogen-bond acceptors (Lipinski definition) is 6. The van der Waals surface area contributed by atoms with Crippen LogP contribution in [0.2, 0.25) is 0 Å². The van der Waals surface area contributed by atoms with Gasteiger partial charge in [-0.25, -0.2) is 0 Å². The Balaban J connectivity index is 1.84. The minimum absolute atomic E-state index is 0.288. The van der Waals surface area contributed by atoms with E-state index >= 15 is 0 Å². The van der Waals surface area contributed by atoms with Gasteiger partial charge in [-0.3, -0.25) is 0 Å². The van der Waals surface area contributed by atoms with Crippen molar-refractivity contribution in [1.29, 1.82) is 0 Å². The largest absolute Gasteiger partial charge is 0.366 e. The van der Waals surface area contributed by atoms with Gasteiger partial charge in [-0.1, -0.05) is 0 Å². The zero-order chi connectivity index (χ0) is 13.1. The Morgan fingerprint density at radius 2 is 1.50 bits per heavy atom. The lowest BCUT2D eigenvalue weighted by atomic mass is 9.98. The molecule has 6 nitrogen and oxygen atoms in total. The Morgan fingerprint density at radius 1 is 0.889 bits per heavy atom. The summed E-state index contributed by atoms with van der Waals surface area (Å²) >= 11 is 0. The Morgan fingerprint density at radius 3 is 2.22 bits per heavy atom. The SMILES string of the molecule is CC1(C)OC2C(O1)[C@H](O)OC1COC(C)(C)O[C@H]12. The van der Waals surface area contributed by atoms with E-state index in [9.17, 15) is 5.11 Å². The van der Waals surface area contributed by atoms with Crippen LogP contribution in [0.15, 0.2) is 0 Å². The van der Waals surface area contributed by atoms with Gasteiger partial charge in [-0.2, -0.15) is 0 Å². The lowest BCUT2D eigenvalue weighted by Crippen LogP contribution is -2.63. The Bertz CT molecular complexity index is 341. The lowest BCUT2D eigenvalue weighted by Gasteiger charge is -2.47. The average molecular weight is 260 g/mol. The number of aliphatic hydroxyl groups excluding tert-OH is 1. The van der Waals surface area contributed by atoms with Gasteiger partial charge >= 0.3 is 0 Å². The van der Waals surface area contributed by atoms with Crippen LogP contribution in [-0.4, -0.2) is 54.0 Å². The van der Waals surface area contributed by atoms with E-state index in [-0.39, 0.29) is 18.3 Å². The summed E-state index contributed by atoms with van der Waals surface area (Å²) in [6, 6.07) is 0. The molecule has 5 atom stereocenters. The molecule has 0 bridgehead atoms. The van der Waals surface area contributed by atoms with Gasteiger partial charge < -0.3 is 28.8 Å². The van der Waals surface area contributed by atoms with E-state index in [1.807, 2.05) is 27.7 Å². The molecule has 0 amide bonds. The van der Waals surface area contributed by atoms with Crippen molar-refractivity contribution >= 4 is 0 Å². The Hall–Kier alpha value is -0.240. The predicted molar refractivity (Wildman–Crippen MR) is 59.6 cm³/mol. The van der Waals surface area contributed by atoms with Gasteiger partial charge in [0.2, 0.25) is 0 Å². The van der Waals surface area contributed by atoms with E-state index in [4.69, 9.17) is 23.7 Å². The molecule has 3 aliphatic heterocycles. The Labute approximate surface area is 106 Å². The molecule has 3 saturated heterocycles. The van der Waals surface area contributed by atoms with E-state index in [1.165, 1.54) is 0 Å². The molecule has 1 N–H and O–H groups in total. The van der Waals surface area contributed by atoms with Gasteiger partial charge in [0.15, 0.2) is 17.9 Å². The maximum Gasteiger partial charge on any atom is 0.184 e. The molecular formula is C12H20O6. The summed E-state index contributed by atoms with van der Waals surface area (Å²) < 4.78 is 28.4. The maximum atomic E-state index is 9.94. The summed E-state index contributed by atoms with van der Waals surface area (Å²) in [5, 5.41) is 9.94. The second-order valence-corrected chi connectivity index (χ2v) is 5.92. The van der Waals surface area contributed by atoms with Gasteiger partial charge in [-0.05, 0) is 27.7 Å². The minimum Gasteiger partial charge on any atom is -0.366 e. The molecule has 0 aromatic heterocycles. The number of fused-ring (bicyclic) bond motifs is 3. The first-order valence-electron chi connectivity index (χ1n) is 6.28. The van der Waals surface area contributed by atoms with Crippen molar-refractivity contribution < 1.29 is 28.8 Å². The fourth-order valence-electron chi connectivity index (χ4n) is 2.76. The second kappa shape index (κ2) is 3.88. The van der Waals surface area contributed by atoms with E-state index in [1.54, 1.807) is 0 Å². The van der Waals surface area contributed by atoms with Crippen molar-refractivity contribution in [2.45, 2.75) is 70.0 Å². The van der Waals surface area contributed by atoms with Gasteiger partial charge in [0.25, 0.3) is 0 Å². The molecule has 0 aliphatic carbocycles. The standard InChI is InChI=1S/C12H20O6/c1-11(2)14-5-6-7(16-11)8-9(10(13)15-6)18-12(3,4)17-8/h6-10,13H,5H2,1-4H3/t6?,7-,8?,9?,10-/m1/s1. The number of ether oxygens (including phenoxy) is 5. The third-order valence-electron chi connectivity index (χ3n) is 3.46. The van der Waals surface area contributed by atoms with E-state index < -0.39 is 24.0 Å². The fraction of sp³-hybridized carbons (Fsp3) is 1.00. The average Bonchev–Trinajstić information content (AvgIpc) is 2.56. The van der Waals surface area contributed by atoms with Crippen molar-refractivity contribution in [3.8, 4) is 0 Å². The summed E-state index contributed by atoms with van der Waals surface area (Å²) in [7, 11) is 0.